The van der Waals surface area contributed by atoms with E-state index < -0.39 is 5.60 Å². The van der Waals surface area contributed by atoms with Crippen molar-refractivity contribution in [3.05, 3.63) is 35.9 Å². The fourth-order valence-corrected chi connectivity index (χ4v) is 3.80. The van der Waals surface area contributed by atoms with Gasteiger partial charge >= 0.3 is 6.09 Å². The second-order valence-corrected chi connectivity index (χ2v) is 8.76. The van der Waals surface area contributed by atoms with E-state index >= 15 is 0 Å². The molecule has 2 saturated heterocycles. The highest BCUT2D eigenvalue weighted by Gasteiger charge is 2.29. The number of amides is 1. The van der Waals surface area contributed by atoms with Crippen molar-refractivity contribution in [2.24, 2.45) is 16.6 Å². The number of halogens is 1. The van der Waals surface area contributed by atoms with Crippen LogP contribution in [-0.2, 0) is 9.47 Å². The van der Waals surface area contributed by atoms with Crippen LogP contribution in [0.3, 0.4) is 0 Å². The molecule has 2 fully saturated rings. The van der Waals surface area contributed by atoms with Gasteiger partial charge in [0.05, 0.1) is 6.10 Å². The zero-order chi connectivity index (χ0) is 20.9. The summed E-state index contributed by atoms with van der Waals surface area (Å²) in [5.74, 6) is 0.874. The first-order valence-corrected chi connectivity index (χ1v) is 10.5. The van der Waals surface area contributed by atoms with Crippen molar-refractivity contribution < 1.29 is 14.3 Å². The van der Waals surface area contributed by atoms with E-state index in [0.29, 0.717) is 44.6 Å². The molecule has 0 aliphatic carbocycles. The lowest BCUT2D eigenvalue weighted by Gasteiger charge is -2.36. The monoisotopic (exact) mass is 530 g/mol. The molecule has 1 aromatic carbocycles. The second-order valence-electron chi connectivity index (χ2n) is 8.76. The van der Waals surface area contributed by atoms with Crippen LogP contribution in [0.15, 0.2) is 35.3 Å². The molecule has 2 aliphatic rings. The fourth-order valence-electron chi connectivity index (χ4n) is 3.80. The molecular weight excluding hydrogens is 495 g/mol. The van der Waals surface area contributed by atoms with Gasteiger partial charge in [-0.25, -0.2) is 4.79 Å². The van der Waals surface area contributed by atoms with Gasteiger partial charge in [0.25, 0.3) is 0 Å². The summed E-state index contributed by atoms with van der Waals surface area (Å²) in [6, 6.07) is 10.4. The minimum absolute atomic E-state index is 0. The minimum atomic E-state index is -0.480. The Bertz CT molecular complexity index is 700. The van der Waals surface area contributed by atoms with E-state index in [-0.39, 0.29) is 36.2 Å². The van der Waals surface area contributed by atoms with Crippen LogP contribution in [0.4, 0.5) is 4.79 Å². The van der Waals surface area contributed by atoms with Gasteiger partial charge in [0.2, 0.25) is 0 Å². The van der Waals surface area contributed by atoms with Gasteiger partial charge in [-0.2, -0.15) is 0 Å². The third-order valence-corrected chi connectivity index (χ3v) is 5.32. The molecule has 2 atom stereocenters. The van der Waals surface area contributed by atoms with Gasteiger partial charge in [0.1, 0.15) is 5.60 Å². The number of guanidine groups is 1. The van der Waals surface area contributed by atoms with E-state index in [1.54, 1.807) is 4.90 Å². The van der Waals surface area contributed by atoms with Gasteiger partial charge in [-0.15, -0.1) is 24.0 Å². The van der Waals surface area contributed by atoms with Gasteiger partial charge in [0, 0.05) is 45.2 Å². The summed E-state index contributed by atoms with van der Waals surface area (Å²) in [6.07, 6.45) is 1.95. The first-order valence-electron chi connectivity index (χ1n) is 10.5. The molecule has 2 N–H and O–H groups in total. The number of hydrogen-bond acceptors (Lipinski definition) is 4. The third-order valence-electron chi connectivity index (χ3n) is 5.32. The minimum Gasteiger partial charge on any atom is -0.444 e. The Labute approximate surface area is 197 Å². The van der Waals surface area contributed by atoms with E-state index in [4.69, 9.17) is 15.2 Å². The summed E-state index contributed by atoms with van der Waals surface area (Å²) in [4.78, 5) is 20.7. The van der Waals surface area contributed by atoms with Crippen molar-refractivity contribution in [3.63, 3.8) is 0 Å². The quantitative estimate of drug-likeness (QED) is 0.367. The number of benzene rings is 1. The predicted molar refractivity (Wildman–Crippen MR) is 129 cm³/mol. The standard InChI is InChI=1S/C22H34N4O3.HI/c1-22(2,3)29-21(27)26-13-11-25(12-14-26)20(23)24-16-18-10-7-15-28-19(18)17-8-5-4-6-9-17;/h4-6,8-9,18-19H,7,10-16H2,1-3H3,(H2,23,24);1H. The highest BCUT2D eigenvalue weighted by molar-refractivity contribution is 14.0. The molecule has 0 spiro atoms. The first kappa shape index (κ1) is 24.7. The van der Waals surface area contributed by atoms with Crippen molar-refractivity contribution in [3.8, 4) is 0 Å². The fraction of sp³-hybridized carbons (Fsp3) is 0.636. The summed E-state index contributed by atoms with van der Waals surface area (Å²) in [5.41, 5.74) is 7.00. The Hall–Kier alpha value is -1.55. The van der Waals surface area contributed by atoms with Gasteiger partial charge in [-0.1, -0.05) is 30.3 Å². The van der Waals surface area contributed by atoms with Crippen molar-refractivity contribution >= 4 is 36.0 Å². The van der Waals surface area contributed by atoms with E-state index in [1.165, 1.54) is 5.56 Å². The van der Waals surface area contributed by atoms with Crippen LogP contribution in [0.5, 0.6) is 0 Å². The molecular formula is C22H35IN4O3. The van der Waals surface area contributed by atoms with Gasteiger partial charge in [-0.05, 0) is 39.2 Å². The average molecular weight is 530 g/mol. The maximum atomic E-state index is 12.2. The molecule has 2 unspecified atom stereocenters. The molecule has 2 heterocycles. The third kappa shape index (κ3) is 7.01. The van der Waals surface area contributed by atoms with Crippen LogP contribution in [0.1, 0.15) is 45.3 Å². The molecule has 30 heavy (non-hydrogen) atoms. The predicted octanol–water partition coefficient (Wildman–Crippen LogP) is 3.64. The number of piperazine rings is 1. The summed E-state index contributed by atoms with van der Waals surface area (Å²) in [7, 11) is 0. The van der Waals surface area contributed by atoms with Gasteiger partial charge in [-0.3, -0.25) is 4.99 Å². The van der Waals surface area contributed by atoms with Crippen molar-refractivity contribution in [1.29, 1.82) is 0 Å². The molecule has 7 nitrogen and oxygen atoms in total. The zero-order valence-corrected chi connectivity index (χ0v) is 20.6. The number of carbonyl (C=O) groups excluding carboxylic acids is 1. The normalized spacial score (nSPS) is 23.0. The van der Waals surface area contributed by atoms with E-state index in [1.807, 2.05) is 43.9 Å². The molecule has 0 radical (unpaired) electrons. The number of nitrogens with two attached hydrogens (primary N) is 1. The van der Waals surface area contributed by atoms with Crippen molar-refractivity contribution in [1.82, 2.24) is 9.80 Å². The van der Waals surface area contributed by atoms with Crippen LogP contribution >= 0.6 is 24.0 Å². The number of carbonyl (C=O) groups is 1. The number of rotatable bonds is 3. The summed E-state index contributed by atoms with van der Waals surface area (Å²) >= 11 is 0. The molecule has 1 aromatic rings. The number of hydrogen-bond donors (Lipinski definition) is 1. The van der Waals surface area contributed by atoms with Crippen LogP contribution in [0.25, 0.3) is 0 Å². The lowest BCUT2D eigenvalue weighted by Crippen LogP contribution is -2.53. The van der Waals surface area contributed by atoms with Gasteiger partial charge < -0.3 is 25.0 Å². The Kier molecular flexibility index (Phi) is 9.21. The van der Waals surface area contributed by atoms with E-state index in [9.17, 15) is 4.79 Å². The maximum Gasteiger partial charge on any atom is 0.410 e. The summed E-state index contributed by atoms with van der Waals surface area (Å²) in [6.45, 7) is 9.58. The SMILES string of the molecule is CC(C)(C)OC(=O)N1CCN(C(N)=NCC2CCCOC2c2ccccc2)CC1.I. The lowest BCUT2D eigenvalue weighted by atomic mass is 9.89. The lowest BCUT2D eigenvalue weighted by molar-refractivity contribution is -0.0251. The summed E-state index contributed by atoms with van der Waals surface area (Å²) < 4.78 is 11.5. The maximum absolute atomic E-state index is 12.2. The molecule has 0 aromatic heterocycles. The van der Waals surface area contributed by atoms with Crippen LogP contribution in [0, 0.1) is 5.92 Å². The zero-order valence-electron chi connectivity index (χ0n) is 18.3. The molecule has 2 aliphatic heterocycles. The molecule has 168 valence electrons. The van der Waals surface area contributed by atoms with Crippen molar-refractivity contribution in [2.45, 2.75) is 45.3 Å². The number of ether oxygens (including phenoxy) is 2. The number of nitrogens with zero attached hydrogens (tertiary/aromatic N) is 3. The highest BCUT2D eigenvalue weighted by Crippen LogP contribution is 2.33. The van der Waals surface area contributed by atoms with Crippen LogP contribution in [-0.4, -0.2) is 66.8 Å². The smallest absolute Gasteiger partial charge is 0.410 e. The van der Waals surface area contributed by atoms with Crippen LogP contribution < -0.4 is 5.73 Å². The van der Waals surface area contributed by atoms with Crippen LogP contribution in [0.2, 0.25) is 0 Å². The van der Waals surface area contributed by atoms with E-state index in [0.717, 1.165) is 19.4 Å². The van der Waals surface area contributed by atoms with Crippen molar-refractivity contribution in [2.75, 3.05) is 39.3 Å². The molecule has 0 saturated carbocycles. The Morgan fingerprint density at radius 1 is 1.17 bits per heavy atom. The topological polar surface area (TPSA) is 80.4 Å². The molecule has 3 rings (SSSR count). The largest absolute Gasteiger partial charge is 0.444 e. The summed E-state index contributed by atoms with van der Waals surface area (Å²) in [5, 5.41) is 0. The Morgan fingerprint density at radius 3 is 2.43 bits per heavy atom. The Balaban J connectivity index is 0.00000320. The number of aliphatic imine (C=N–C) groups is 1. The highest BCUT2D eigenvalue weighted by atomic mass is 127. The Morgan fingerprint density at radius 2 is 1.80 bits per heavy atom. The van der Waals surface area contributed by atoms with Gasteiger partial charge in [0.15, 0.2) is 5.96 Å². The second kappa shape index (κ2) is 11.2. The van der Waals surface area contributed by atoms with E-state index in [2.05, 4.69) is 17.1 Å². The molecule has 0 bridgehead atoms. The molecule has 8 heteroatoms. The average Bonchev–Trinajstić information content (AvgIpc) is 2.72. The first-order chi connectivity index (χ1) is 13.8. The molecule has 1 amide bonds.